The van der Waals surface area contributed by atoms with Crippen LogP contribution in [0.15, 0.2) is 22.7 Å². The Kier molecular flexibility index (Phi) is 4.96. The van der Waals surface area contributed by atoms with Gasteiger partial charge in [-0.15, -0.1) is 0 Å². The average Bonchev–Trinajstić information content (AvgIpc) is 2.41. The van der Waals surface area contributed by atoms with E-state index in [0.717, 1.165) is 38.2 Å². The van der Waals surface area contributed by atoms with Gasteiger partial charge in [0.2, 0.25) is 0 Å². The van der Waals surface area contributed by atoms with Crippen molar-refractivity contribution >= 4 is 21.6 Å². The molecule has 0 aliphatic carbocycles. The lowest BCUT2D eigenvalue weighted by molar-refractivity contribution is -0.137. The van der Waals surface area contributed by atoms with Gasteiger partial charge in [0.1, 0.15) is 0 Å². The normalized spacial score (nSPS) is 18.9. The lowest BCUT2D eigenvalue weighted by atomic mass is 9.93. The molecule has 1 aromatic carbocycles. The molecule has 0 radical (unpaired) electrons. The maximum atomic E-state index is 12.6. The molecule has 1 unspecified atom stereocenters. The van der Waals surface area contributed by atoms with Crippen LogP contribution >= 0.6 is 15.9 Å². The van der Waals surface area contributed by atoms with E-state index in [1.165, 1.54) is 6.07 Å². The average molecular weight is 352 g/mol. The van der Waals surface area contributed by atoms with Crippen molar-refractivity contribution in [3.8, 4) is 0 Å². The summed E-state index contributed by atoms with van der Waals surface area (Å²) in [7, 11) is 0. The summed E-state index contributed by atoms with van der Waals surface area (Å²) >= 11 is 3.20. The lowest BCUT2D eigenvalue weighted by Gasteiger charge is -2.29. The van der Waals surface area contributed by atoms with Crippen LogP contribution in [-0.4, -0.2) is 19.3 Å². The molecule has 0 spiro atoms. The van der Waals surface area contributed by atoms with Crippen LogP contribution in [-0.2, 0) is 10.9 Å². The Morgan fingerprint density at radius 1 is 1.30 bits per heavy atom. The van der Waals surface area contributed by atoms with Crippen molar-refractivity contribution in [2.75, 3.05) is 18.5 Å². The molecule has 1 saturated heterocycles. The largest absolute Gasteiger partial charge is 0.416 e. The van der Waals surface area contributed by atoms with Crippen molar-refractivity contribution in [1.29, 1.82) is 0 Å². The highest BCUT2D eigenvalue weighted by Crippen LogP contribution is 2.34. The molecule has 0 aromatic heterocycles. The molecule has 1 aliphatic heterocycles. The van der Waals surface area contributed by atoms with Gasteiger partial charge in [0.25, 0.3) is 0 Å². The van der Waals surface area contributed by atoms with Gasteiger partial charge in [-0.05, 0) is 59.8 Å². The van der Waals surface area contributed by atoms with Crippen molar-refractivity contribution in [3.05, 3.63) is 28.2 Å². The molecule has 2 nitrogen and oxygen atoms in total. The van der Waals surface area contributed by atoms with Gasteiger partial charge in [0.05, 0.1) is 5.56 Å². The van der Waals surface area contributed by atoms with Crippen LogP contribution in [0.2, 0.25) is 0 Å². The van der Waals surface area contributed by atoms with Gasteiger partial charge in [-0.25, -0.2) is 0 Å². The first-order valence-corrected chi connectivity index (χ1v) is 7.38. The van der Waals surface area contributed by atoms with Gasteiger partial charge in [-0.3, -0.25) is 0 Å². The van der Waals surface area contributed by atoms with Crippen molar-refractivity contribution in [2.24, 2.45) is 5.92 Å². The second-order valence-electron chi connectivity index (χ2n) is 5.08. The zero-order valence-corrected chi connectivity index (χ0v) is 12.7. The Bertz CT molecular complexity index is 458. The highest BCUT2D eigenvalue weighted by molar-refractivity contribution is 9.10. The first-order valence-electron chi connectivity index (χ1n) is 6.59. The molecule has 2 rings (SSSR count). The number of nitrogens with one attached hydrogen (secondary N) is 1. The monoisotopic (exact) mass is 351 g/mol. The summed E-state index contributed by atoms with van der Waals surface area (Å²) in [5, 5.41) is 3.29. The van der Waals surface area contributed by atoms with Crippen molar-refractivity contribution in [2.45, 2.75) is 32.0 Å². The molecule has 6 heteroatoms. The molecule has 112 valence electrons. The molecule has 1 heterocycles. The van der Waals surface area contributed by atoms with Crippen LogP contribution in [0, 0.1) is 5.92 Å². The molecule has 20 heavy (non-hydrogen) atoms. The number of hydrogen-bond acceptors (Lipinski definition) is 2. The van der Waals surface area contributed by atoms with Crippen LogP contribution in [0.3, 0.4) is 0 Å². The van der Waals surface area contributed by atoms with Gasteiger partial charge >= 0.3 is 6.18 Å². The zero-order valence-electron chi connectivity index (χ0n) is 11.1. The van der Waals surface area contributed by atoms with E-state index in [1.807, 2.05) is 0 Å². The van der Waals surface area contributed by atoms with Crippen LogP contribution in [0.25, 0.3) is 0 Å². The molecular formula is C14H17BrF3NO. The van der Waals surface area contributed by atoms with E-state index in [9.17, 15) is 13.2 Å². The highest BCUT2D eigenvalue weighted by atomic mass is 79.9. The topological polar surface area (TPSA) is 21.3 Å². The molecular weight excluding hydrogens is 335 g/mol. The quantitative estimate of drug-likeness (QED) is 0.852. The fourth-order valence-electron chi connectivity index (χ4n) is 2.39. The van der Waals surface area contributed by atoms with Crippen LogP contribution in [0.4, 0.5) is 18.9 Å². The smallest absolute Gasteiger partial charge is 0.381 e. The summed E-state index contributed by atoms with van der Waals surface area (Å²) in [6.07, 6.45) is -2.35. The molecule has 1 fully saturated rings. The Labute approximate surface area is 124 Å². The van der Waals surface area contributed by atoms with Crippen molar-refractivity contribution in [1.82, 2.24) is 0 Å². The second-order valence-corrected chi connectivity index (χ2v) is 5.93. The van der Waals surface area contributed by atoms with Gasteiger partial charge in [0.15, 0.2) is 0 Å². The molecule has 0 saturated carbocycles. The fourth-order valence-corrected chi connectivity index (χ4v) is 2.88. The first kappa shape index (κ1) is 15.6. The summed E-state index contributed by atoms with van der Waals surface area (Å²) < 4.78 is 43.5. The van der Waals surface area contributed by atoms with Crippen LogP contribution < -0.4 is 5.32 Å². The minimum absolute atomic E-state index is 0.201. The maximum absolute atomic E-state index is 12.6. The van der Waals surface area contributed by atoms with Gasteiger partial charge in [0, 0.05) is 29.4 Å². The number of hydrogen-bond donors (Lipinski definition) is 1. The number of benzene rings is 1. The maximum Gasteiger partial charge on any atom is 0.416 e. The number of alkyl halides is 3. The molecule has 1 atom stereocenters. The van der Waals surface area contributed by atoms with E-state index in [1.54, 1.807) is 0 Å². The predicted molar refractivity (Wildman–Crippen MR) is 75.8 cm³/mol. The third-order valence-corrected chi connectivity index (χ3v) is 4.31. The minimum Gasteiger partial charge on any atom is -0.381 e. The van der Waals surface area contributed by atoms with Crippen LogP contribution in [0.5, 0.6) is 0 Å². The predicted octanol–water partition coefficient (Wildman–Crippen LogP) is 4.69. The first-order chi connectivity index (χ1) is 9.38. The number of halogens is 4. The van der Waals surface area contributed by atoms with Gasteiger partial charge in [-0.1, -0.05) is 0 Å². The lowest BCUT2D eigenvalue weighted by Crippen LogP contribution is -2.31. The number of anilines is 1. The Morgan fingerprint density at radius 3 is 2.50 bits per heavy atom. The molecule has 0 amide bonds. The molecule has 1 N–H and O–H groups in total. The highest BCUT2D eigenvalue weighted by Gasteiger charge is 2.31. The van der Waals surface area contributed by atoms with Crippen molar-refractivity contribution < 1.29 is 17.9 Å². The Hall–Kier alpha value is -0.750. The van der Waals surface area contributed by atoms with E-state index in [-0.39, 0.29) is 6.04 Å². The molecule has 1 aromatic rings. The minimum atomic E-state index is -4.31. The summed E-state index contributed by atoms with van der Waals surface area (Å²) in [5.41, 5.74) is 0.0469. The Balaban J connectivity index is 2.05. The summed E-state index contributed by atoms with van der Waals surface area (Å²) in [4.78, 5) is 0. The SMILES string of the molecule is CC(Nc1ccc(C(F)(F)F)cc1Br)C1CCOCC1. The zero-order chi connectivity index (χ0) is 14.8. The van der Waals surface area contributed by atoms with Crippen molar-refractivity contribution in [3.63, 3.8) is 0 Å². The number of ether oxygens (including phenoxy) is 1. The third kappa shape index (κ3) is 3.88. The van der Waals surface area contributed by atoms with E-state index in [0.29, 0.717) is 16.1 Å². The summed E-state index contributed by atoms with van der Waals surface area (Å²) in [6.45, 7) is 3.57. The fraction of sp³-hybridized carbons (Fsp3) is 0.571. The van der Waals surface area contributed by atoms with E-state index < -0.39 is 11.7 Å². The summed E-state index contributed by atoms with van der Waals surface area (Å²) in [6, 6.07) is 3.89. The van der Waals surface area contributed by atoms with Gasteiger partial charge in [-0.2, -0.15) is 13.2 Å². The standard InChI is InChI=1S/C14H17BrF3NO/c1-9(10-4-6-20-7-5-10)19-13-3-2-11(8-12(13)15)14(16,17)18/h2-3,8-10,19H,4-7H2,1H3. The number of rotatable bonds is 3. The Morgan fingerprint density at radius 2 is 1.95 bits per heavy atom. The van der Waals surface area contributed by atoms with E-state index >= 15 is 0 Å². The molecule has 1 aliphatic rings. The summed E-state index contributed by atoms with van der Waals surface area (Å²) in [5.74, 6) is 0.484. The third-order valence-electron chi connectivity index (χ3n) is 3.65. The van der Waals surface area contributed by atoms with Gasteiger partial charge < -0.3 is 10.1 Å². The van der Waals surface area contributed by atoms with E-state index in [2.05, 4.69) is 28.2 Å². The molecule has 0 bridgehead atoms. The van der Waals surface area contributed by atoms with E-state index in [4.69, 9.17) is 4.74 Å². The second kappa shape index (κ2) is 6.35. The van der Waals surface area contributed by atoms with Crippen LogP contribution in [0.1, 0.15) is 25.3 Å².